The van der Waals surface area contributed by atoms with Crippen molar-refractivity contribution in [2.45, 2.75) is 25.8 Å². The molecule has 112 valence electrons. The lowest BCUT2D eigenvalue weighted by Gasteiger charge is -2.08. The first-order chi connectivity index (χ1) is 10.8. The number of nitrogens with two attached hydrogens (primary N) is 1. The monoisotopic (exact) mass is 291 g/mol. The van der Waals surface area contributed by atoms with Crippen LogP contribution < -0.4 is 5.73 Å². The van der Waals surface area contributed by atoms with Crippen LogP contribution in [0.1, 0.15) is 23.4 Å². The predicted molar refractivity (Wildman–Crippen MR) is 90.7 cm³/mol. The lowest BCUT2D eigenvalue weighted by molar-refractivity contribution is 0.685. The van der Waals surface area contributed by atoms with Gasteiger partial charge in [-0.3, -0.25) is 0 Å². The molecule has 0 radical (unpaired) electrons. The Morgan fingerprint density at radius 3 is 2.41 bits per heavy atom. The summed E-state index contributed by atoms with van der Waals surface area (Å²) in [5.74, 6) is 1.15. The number of nitrogens with zero attached hydrogens (tertiary/aromatic N) is 2. The number of hydrogen-bond donors (Lipinski definition) is 1. The Balaban J connectivity index is 1.59. The maximum absolute atomic E-state index is 5.73. The van der Waals surface area contributed by atoms with E-state index in [1.54, 1.807) is 0 Å². The Kier molecular flexibility index (Phi) is 4.54. The Morgan fingerprint density at radius 1 is 0.864 bits per heavy atom. The van der Waals surface area contributed by atoms with Crippen molar-refractivity contribution in [3.63, 3.8) is 0 Å². The standard InChI is InChI=1S/C19H21N3/c20-18-11-9-17(10-12-18)15-22-14-13-21-19(22)8-4-7-16-5-2-1-3-6-16/h1-3,5-6,9-14H,4,7-8,15,20H2. The van der Waals surface area contributed by atoms with Crippen molar-refractivity contribution >= 4 is 5.69 Å². The van der Waals surface area contributed by atoms with Gasteiger partial charge in [-0.25, -0.2) is 4.98 Å². The van der Waals surface area contributed by atoms with Gasteiger partial charge in [-0.1, -0.05) is 42.5 Å². The summed E-state index contributed by atoms with van der Waals surface area (Å²) >= 11 is 0. The van der Waals surface area contributed by atoms with Gasteiger partial charge >= 0.3 is 0 Å². The van der Waals surface area contributed by atoms with Gasteiger partial charge in [0.15, 0.2) is 0 Å². The highest BCUT2D eigenvalue weighted by molar-refractivity contribution is 5.39. The number of hydrogen-bond acceptors (Lipinski definition) is 2. The average molecular weight is 291 g/mol. The molecule has 0 saturated carbocycles. The molecule has 1 heterocycles. The molecule has 3 heteroatoms. The first-order valence-corrected chi connectivity index (χ1v) is 7.69. The summed E-state index contributed by atoms with van der Waals surface area (Å²) in [5.41, 5.74) is 9.17. The second kappa shape index (κ2) is 6.94. The third-order valence-electron chi connectivity index (χ3n) is 3.84. The second-order valence-electron chi connectivity index (χ2n) is 5.55. The van der Waals surface area contributed by atoms with Crippen LogP contribution in [0.4, 0.5) is 5.69 Å². The highest BCUT2D eigenvalue weighted by Crippen LogP contribution is 2.11. The van der Waals surface area contributed by atoms with Crippen molar-refractivity contribution in [1.29, 1.82) is 0 Å². The highest BCUT2D eigenvalue weighted by Gasteiger charge is 2.04. The number of anilines is 1. The van der Waals surface area contributed by atoms with Crippen molar-refractivity contribution in [1.82, 2.24) is 9.55 Å². The number of rotatable bonds is 6. The fourth-order valence-electron chi connectivity index (χ4n) is 2.63. The second-order valence-corrected chi connectivity index (χ2v) is 5.55. The lowest BCUT2D eigenvalue weighted by Crippen LogP contribution is -2.05. The van der Waals surface area contributed by atoms with E-state index in [9.17, 15) is 0 Å². The average Bonchev–Trinajstić information content (AvgIpc) is 2.98. The van der Waals surface area contributed by atoms with Crippen molar-refractivity contribution in [2.24, 2.45) is 0 Å². The molecule has 0 fully saturated rings. The van der Waals surface area contributed by atoms with Crippen molar-refractivity contribution < 1.29 is 0 Å². The summed E-state index contributed by atoms with van der Waals surface area (Å²) in [4.78, 5) is 4.50. The van der Waals surface area contributed by atoms with Gasteiger partial charge in [0.2, 0.25) is 0 Å². The van der Waals surface area contributed by atoms with Gasteiger partial charge < -0.3 is 10.3 Å². The SMILES string of the molecule is Nc1ccc(Cn2ccnc2CCCc2ccccc2)cc1. The van der Waals surface area contributed by atoms with Crippen LogP contribution in [-0.4, -0.2) is 9.55 Å². The molecule has 2 N–H and O–H groups in total. The largest absolute Gasteiger partial charge is 0.399 e. The molecule has 0 aliphatic heterocycles. The molecule has 3 nitrogen and oxygen atoms in total. The fraction of sp³-hybridized carbons (Fsp3) is 0.211. The van der Waals surface area contributed by atoms with Crippen molar-refractivity contribution in [3.05, 3.63) is 83.9 Å². The van der Waals surface area contributed by atoms with E-state index in [0.717, 1.165) is 37.3 Å². The van der Waals surface area contributed by atoms with E-state index in [2.05, 4.69) is 52.0 Å². The molecule has 0 saturated heterocycles. The van der Waals surface area contributed by atoms with E-state index >= 15 is 0 Å². The van der Waals surface area contributed by atoms with E-state index < -0.39 is 0 Å². The molecule has 0 spiro atoms. The third kappa shape index (κ3) is 3.76. The molecule has 3 rings (SSSR count). The van der Waals surface area contributed by atoms with Gasteiger partial charge in [-0.2, -0.15) is 0 Å². The van der Waals surface area contributed by atoms with E-state index in [0.29, 0.717) is 0 Å². The quantitative estimate of drug-likeness (QED) is 0.704. The minimum Gasteiger partial charge on any atom is -0.399 e. The van der Waals surface area contributed by atoms with Crippen LogP contribution in [0.2, 0.25) is 0 Å². The third-order valence-corrected chi connectivity index (χ3v) is 3.84. The number of nitrogen functional groups attached to an aromatic ring is 1. The van der Waals surface area contributed by atoms with Crippen molar-refractivity contribution in [3.8, 4) is 0 Å². The molecule has 0 unspecified atom stereocenters. The molecular formula is C19H21N3. The highest BCUT2D eigenvalue weighted by atomic mass is 15.1. The van der Waals surface area contributed by atoms with Crippen LogP contribution >= 0.6 is 0 Å². The summed E-state index contributed by atoms with van der Waals surface area (Å²) in [6, 6.07) is 18.6. The van der Waals surface area contributed by atoms with Gasteiger partial charge in [-0.05, 0) is 36.1 Å². The van der Waals surface area contributed by atoms with Crippen LogP contribution in [0.3, 0.4) is 0 Å². The number of benzene rings is 2. The molecule has 3 aromatic rings. The summed E-state index contributed by atoms with van der Waals surface area (Å²) in [6.07, 6.45) is 7.14. The Hall–Kier alpha value is -2.55. The molecule has 1 aromatic heterocycles. The van der Waals surface area contributed by atoms with Gasteiger partial charge in [0, 0.05) is 31.0 Å². The molecule has 0 bridgehead atoms. The molecule has 22 heavy (non-hydrogen) atoms. The van der Waals surface area contributed by atoms with Crippen LogP contribution in [-0.2, 0) is 19.4 Å². The van der Waals surface area contributed by atoms with Gasteiger partial charge in [0.05, 0.1) is 0 Å². The fourth-order valence-corrected chi connectivity index (χ4v) is 2.63. The zero-order valence-corrected chi connectivity index (χ0v) is 12.7. The lowest BCUT2D eigenvalue weighted by atomic mass is 10.1. The van der Waals surface area contributed by atoms with E-state index in [1.807, 2.05) is 24.5 Å². The summed E-state index contributed by atoms with van der Waals surface area (Å²) in [5, 5.41) is 0. The maximum atomic E-state index is 5.73. The topological polar surface area (TPSA) is 43.8 Å². The van der Waals surface area contributed by atoms with Crippen LogP contribution in [0.5, 0.6) is 0 Å². The predicted octanol–water partition coefficient (Wildman–Crippen LogP) is 3.69. The molecule has 2 aromatic carbocycles. The number of aryl methyl sites for hydroxylation is 2. The molecule has 0 aliphatic carbocycles. The zero-order valence-electron chi connectivity index (χ0n) is 12.7. The smallest absolute Gasteiger partial charge is 0.108 e. The minimum absolute atomic E-state index is 0.803. The van der Waals surface area contributed by atoms with Crippen LogP contribution in [0, 0.1) is 0 Å². The van der Waals surface area contributed by atoms with Crippen molar-refractivity contribution in [2.75, 3.05) is 5.73 Å². The normalized spacial score (nSPS) is 10.7. The Labute approximate surface area is 131 Å². The van der Waals surface area contributed by atoms with Gasteiger partial charge in [0.1, 0.15) is 5.82 Å². The summed E-state index contributed by atoms with van der Waals surface area (Å²) < 4.78 is 2.22. The molecule has 0 atom stereocenters. The van der Waals surface area contributed by atoms with Crippen LogP contribution in [0.25, 0.3) is 0 Å². The number of imidazole rings is 1. The first-order valence-electron chi connectivity index (χ1n) is 7.69. The number of aromatic nitrogens is 2. The summed E-state index contributed by atoms with van der Waals surface area (Å²) in [7, 11) is 0. The van der Waals surface area contributed by atoms with E-state index in [1.165, 1.54) is 11.1 Å². The van der Waals surface area contributed by atoms with E-state index in [4.69, 9.17) is 5.73 Å². The van der Waals surface area contributed by atoms with Crippen LogP contribution in [0.15, 0.2) is 67.0 Å². The Morgan fingerprint density at radius 2 is 1.64 bits per heavy atom. The van der Waals surface area contributed by atoms with E-state index in [-0.39, 0.29) is 0 Å². The maximum Gasteiger partial charge on any atom is 0.108 e. The first kappa shape index (κ1) is 14.4. The molecular weight excluding hydrogens is 270 g/mol. The summed E-state index contributed by atoms with van der Waals surface area (Å²) in [6.45, 7) is 0.848. The van der Waals surface area contributed by atoms with Gasteiger partial charge in [-0.15, -0.1) is 0 Å². The Bertz CT molecular complexity index is 699. The van der Waals surface area contributed by atoms with Gasteiger partial charge in [0.25, 0.3) is 0 Å². The minimum atomic E-state index is 0.803. The molecule has 0 amide bonds. The molecule has 0 aliphatic rings. The zero-order chi connectivity index (χ0) is 15.2.